The summed E-state index contributed by atoms with van der Waals surface area (Å²) in [6.07, 6.45) is 1.81. The zero-order chi connectivity index (χ0) is 11.4. The van der Waals surface area contributed by atoms with E-state index in [-0.39, 0.29) is 5.97 Å². The average molecular weight is 233 g/mol. The van der Waals surface area contributed by atoms with Crippen LogP contribution in [0, 0.1) is 0 Å². The van der Waals surface area contributed by atoms with Crippen LogP contribution in [0.3, 0.4) is 0 Å². The third-order valence-electron chi connectivity index (χ3n) is 2.11. The number of hydrogen-bond acceptors (Lipinski definition) is 4. The van der Waals surface area contributed by atoms with Crippen molar-refractivity contribution in [3.05, 3.63) is 41.5 Å². The first-order chi connectivity index (χ1) is 7.81. The summed E-state index contributed by atoms with van der Waals surface area (Å²) in [5.41, 5.74) is 3.43. The zero-order valence-corrected chi connectivity index (χ0v) is 9.66. The summed E-state index contributed by atoms with van der Waals surface area (Å²) in [4.78, 5) is 16.5. The molecule has 0 aliphatic carbocycles. The van der Waals surface area contributed by atoms with E-state index in [0.29, 0.717) is 12.2 Å². The Bertz CT molecular complexity index is 462. The van der Waals surface area contributed by atoms with Crippen LogP contribution in [0.25, 0.3) is 10.4 Å². The van der Waals surface area contributed by atoms with Crippen LogP contribution < -0.4 is 0 Å². The number of esters is 1. The molecule has 1 aromatic heterocycles. The molecule has 1 heterocycles. The maximum Gasteiger partial charge on any atom is 0.338 e. The molecule has 0 radical (unpaired) electrons. The molecule has 16 heavy (non-hydrogen) atoms. The van der Waals surface area contributed by atoms with Crippen LogP contribution in [0.2, 0.25) is 0 Å². The Kier molecular flexibility index (Phi) is 3.31. The SMILES string of the molecule is CCOC(=O)c1ccc(-c2cncs2)cc1. The van der Waals surface area contributed by atoms with E-state index in [1.165, 1.54) is 0 Å². The van der Waals surface area contributed by atoms with Gasteiger partial charge in [-0.2, -0.15) is 0 Å². The number of carbonyl (C=O) groups excluding carboxylic acids is 1. The standard InChI is InChI=1S/C12H11NO2S/c1-2-15-12(14)10-5-3-9(4-6-10)11-7-13-8-16-11/h3-8H,2H2,1H3. The van der Waals surface area contributed by atoms with Gasteiger partial charge in [-0.05, 0) is 24.6 Å². The van der Waals surface area contributed by atoms with Crippen LogP contribution in [0.4, 0.5) is 0 Å². The minimum Gasteiger partial charge on any atom is -0.462 e. The lowest BCUT2D eigenvalue weighted by molar-refractivity contribution is 0.0526. The quantitative estimate of drug-likeness (QED) is 0.765. The van der Waals surface area contributed by atoms with Crippen molar-refractivity contribution in [2.75, 3.05) is 6.61 Å². The number of carbonyl (C=O) groups is 1. The molecule has 0 N–H and O–H groups in total. The largest absolute Gasteiger partial charge is 0.462 e. The Morgan fingerprint density at radius 3 is 2.69 bits per heavy atom. The average Bonchev–Trinajstić information content (AvgIpc) is 2.83. The molecule has 0 spiro atoms. The minimum absolute atomic E-state index is 0.279. The summed E-state index contributed by atoms with van der Waals surface area (Å²) in [6, 6.07) is 7.35. The van der Waals surface area contributed by atoms with Crippen LogP contribution in [0.15, 0.2) is 36.0 Å². The second kappa shape index (κ2) is 4.90. The van der Waals surface area contributed by atoms with E-state index in [0.717, 1.165) is 10.4 Å². The van der Waals surface area contributed by atoms with Gasteiger partial charge in [0.1, 0.15) is 0 Å². The van der Waals surface area contributed by atoms with Gasteiger partial charge in [0.25, 0.3) is 0 Å². The second-order valence-corrected chi connectivity index (χ2v) is 4.05. The molecule has 2 rings (SSSR count). The molecule has 4 heteroatoms. The lowest BCUT2D eigenvalue weighted by Gasteiger charge is -2.02. The fraction of sp³-hybridized carbons (Fsp3) is 0.167. The third-order valence-corrected chi connectivity index (χ3v) is 2.94. The van der Waals surface area contributed by atoms with Crippen molar-refractivity contribution in [2.24, 2.45) is 0 Å². The highest BCUT2D eigenvalue weighted by Gasteiger charge is 2.06. The van der Waals surface area contributed by atoms with Crippen LogP contribution in [0.5, 0.6) is 0 Å². The van der Waals surface area contributed by atoms with Crippen LogP contribution in [0.1, 0.15) is 17.3 Å². The van der Waals surface area contributed by atoms with Gasteiger partial charge in [-0.1, -0.05) is 12.1 Å². The first-order valence-electron chi connectivity index (χ1n) is 4.97. The third kappa shape index (κ3) is 2.28. The van der Waals surface area contributed by atoms with Crippen molar-refractivity contribution in [3.63, 3.8) is 0 Å². The predicted octanol–water partition coefficient (Wildman–Crippen LogP) is 2.99. The van der Waals surface area contributed by atoms with E-state index < -0.39 is 0 Å². The Balaban J connectivity index is 2.20. The molecule has 0 unspecified atom stereocenters. The lowest BCUT2D eigenvalue weighted by Crippen LogP contribution is -2.03. The summed E-state index contributed by atoms with van der Waals surface area (Å²) >= 11 is 1.57. The number of thiazole rings is 1. The van der Waals surface area contributed by atoms with E-state index >= 15 is 0 Å². The molecule has 0 aliphatic heterocycles. The lowest BCUT2D eigenvalue weighted by atomic mass is 10.1. The van der Waals surface area contributed by atoms with Gasteiger partial charge in [-0.15, -0.1) is 11.3 Å². The van der Waals surface area contributed by atoms with Crippen LogP contribution >= 0.6 is 11.3 Å². The van der Waals surface area contributed by atoms with Gasteiger partial charge < -0.3 is 4.74 Å². The molecular formula is C12H11NO2S. The molecule has 82 valence electrons. The summed E-state index contributed by atoms with van der Waals surface area (Å²) in [7, 11) is 0. The number of ether oxygens (including phenoxy) is 1. The second-order valence-electron chi connectivity index (χ2n) is 3.16. The first kappa shape index (κ1) is 10.8. The minimum atomic E-state index is -0.279. The molecule has 0 saturated heterocycles. The number of rotatable bonds is 3. The Hall–Kier alpha value is -1.68. The van der Waals surface area contributed by atoms with Gasteiger partial charge in [0, 0.05) is 6.20 Å². The summed E-state index contributed by atoms with van der Waals surface area (Å²) < 4.78 is 4.91. The van der Waals surface area contributed by atoms with Crippen molar-refractivity contribution in [1.29, 1.82) is 0 Å². The van der Waals surface area contributed by atoms with Crippen molar-refractivity contribution in [3.8, 4) is 10.4 Å². The normalized spacial score (nSPS) is 10.1. The molecular weight excluding hydrogens is 222 g/mol. The zero-order valence-electron chi connectivity index (χ0n) is 8.84. The maximum atomic E-state index is 11.4. The van der Waals surface area contributed by atoms with E-state index in [2.05, 4.69) is 4.98 Å². The highest BCUT2D eigenvalue weighted by Crippen LogP contribution is 2.23. The summed E-state index contributed by atoms with van der Waals surface area (Å²) in [5.74, 6) is -0.279. The molecule has 3 nitrogen and oxygen atoms in total. The Labute approximate surface area is 97.7 Å². The van der Waals surface area contributed by atoms with E-state index in [1.807, 2.05) is 18.3 Å². The molecule has 2 aromatic rings. The highest BCUT2D eigenvalue weighted by atomic mass is 32.1. The van der Waals surface area contributed by atoms with E-state index in [9.17, 15) is 4.79 Å². The number of benzene rings is 1. The van der Waals surface area contributed by atoms with Gasteiger partial charge in [0.15, 0.2) is 0 Å². The molecule has 0 aliphatic rings. The topological polar surface area (TPSA) is 39.2 Å². The Morgan fingerprint density at radius 2 is 2.12 bits per heavy atom. The van der Waals surface area contributed by atoms with Crippen molar-refractivity contribution in [2.45, 2.75) is 6.92 Å². The van der Waals surface area contributed by atoms with Gasteiger partial charge >= 0.3 is 5.97 Å². The van der Waals surface area contributed by atoms with Crippen LogP contribution in [-0.2, 0) is 4.74 Å². The van der Waals surface area contributed by atoms with Crippen molar-refractivity contribution in [1.82, 2.24) is 4.98 Å². The number of nitrogens with zero attached hydrogens (tertiary/aromatic N) is 1. The number of aromatic nitrogens is 1. The van der Waals surface area contributed by atoms with E-state index in [4.69, 9.17) is 4.74 Å². The highest BCUT2D eigenvalue weighted by molar-refractivity contribution is 7.13. The summed E-state index contributed by atoms with van der Waals surface area (Å²) in [5, 5.41) is 0. The molecule has 0 amide bonds. The molecule has 0 atom stereocenters. The first-order valence-corrected chi connectivity index (χ1v) is 5.85. The van der Waals surface area contributed by atoms with Gasteiger partial charge in [-0.25, -0.2) is 4.79 Å². The Morgan fingerprint density at radius 1 is 1.38 bits per heavy atom. The smallest absolute Gasteiger partial charge is 0.338 e. The maximum absolute atomic E-state index is 11.4. The monoisotopic (exact) mass is 233 g/mol. The van der Waals surface area contributed by atoms with Gasteiger partial charge in [0.2, 0.25) is 0 Å². The molecule has 0 saturated carbocycles. The summed E-state index contributed by atoms with van der Waals surface area (Å²) in [6.45, 7) is 2.19. The van der Waals surface area contributed by atoms with E-state index in [1.54, 1.807) is 35.9 Å². The number of hydrogen-bond donors (Lipinski definition) is 0. The molecule has 1 aromatic carbocycles. The van der Waals surface area contributed by atoms with Crippen LogP contribution in [-0.4, -0.2) is 17.6 Å². The van der Waals surface area contributed by atoms with Gasteiger partial charge in [-0.3, -0.25) is 4.98 Å². The molecule has 0 bridgehead atoms. The van der Waals surface area contributed by atoms with Crippen molar-refractivity contribution >= 4 is 17.3 Å². The fourth-order valence-corrected chi connectivity index (χ4v) is 1.97. The van der Waals surface area contributed by atoms with Crippen molar-refractivity contribution < 1.29 is 9.53 Å². The molecule has 0 fully saturated rings. The fourth-order valence-electron chi connectivity index (χ4n) is 1.34. The predicted molar refractivity (Wildman–Crippen MR) is 63.5 cm³/mol. The van der Waals surface area contributed by atoms with Gasteiger partial charge in [0.05, 0.1) is 22.6 Å².